The number of nitrogens with zero attached hydrogens (tertiary/aromatic N) is 3. The molecule has 1 heterocycles. The highest BCUT2D eigenvalue weighted by Gasteiger charge is 2.19. The number of carbonyl (C=O) groups excluding carboxylic acids is 1. The van der Waals surface area contributed by atoms with Gasteiger partial charge in [-0.1, -0.05) is 65.7 Å². The van der Waals surface area contributed by atoms with E-state index in [0.717, 1.165) is 22.4 Å². The first-order valence-electron chi connectivity index (χ1n) is 9.18. The van der Waals surface area contributed by atoms with Crippen molar-refractivity contribution < 1.29 is 4.79 Å². The van der Waals surface area contributed by atoms with Gasteiger partial charge in [0.1, 0.15) is 0 Å². The van der Waals surface area contributed by atoms with E-state index in [1.54, 1.807) is 16.8 Å². The molecule has 6 heteroatoms. The van der Waals surface area contributed by atoms with Crippen molar-refractivity contribution in [2.75, 3.05) is 5.32 Å². The maximum atomic E-state index is 12.8. The molecule has 5 nitrogen and oxygen atoms in total. The average Bonchev–Trinajstić information content (AvgIpc) is 3.18. The lowest BCUT2D eigenvalue weighted by atomic mass is 10.1. The van der Waals surface area contributed by atoms with Crippen LogP contribution in [0.5, 0.6) is 0 Å². The fourth-order valence-electron chi connectivity index (χ4n) is 2.90. The maximum absolute atomic E-state index is 12.8. The van der Waals surface area contributed by atoms with Crippen LogP contribution < -0.4 is 5.32 Å². The molecule has 4 rings (SSSR count). The summed E-state index contributed by atoms with van der Waals surface area (Å²) in [4.78, 5) is 17.3. The fraction of sp³-hybridized carbons (Fsp3) is 0.0870. The predicted octanol–water partition coefficient (Wildman–Crippen LogP) is 5.46. The monoisotopic (exact) mass is 402 g/mol. The van der Waals surface area contributed by atoms with Crippen LogP contribution in [0.15, 0.2) is 72.8 Å². The molecule has 0 unspecified atom stereocenters. The molecule has 0 bridgehead atoms. The van der Waals surface area contributed by atoms with E-state index in [2.05, 4.69) is 15.4 Å². The highest BCUT2D eigenvalue weighted by atomic mass is 35.5. The summed E-state index contributed by atoms with van der Waals surface area (Å²) in [5, 5.41) is 7.88. The molecule has 0 saturated heterocycles. The van der Waals surface area contributed by atoms with Crippen LogP contribution in [0, 0.1) is 13.8 Å². The molecular weight excluding hydrogens is 384 g/mol. The number of hydrogen-bond acceptors (Lipinski definition) is 3. The Balaban J connectivity index is 1.73. The van der Waals surface area contributed by atoms with Gasteiger partial charge in [-0.15, -0.1) is 5.10 Å². The molecule has 0 aliphatic heterocycles. The number of carbonyl (C=O) groups is 1. The van der Waals surface area contributed by atoms with Crippen molar-refractivity contribution in [3.8, 4) is 17.1 Å². The van der Waals surface area contributed by atoms with Gasteiger partial charge in [0.2, 0.25) is 5.82 Å². The smallest absolute Gasteiger partial charge is 0.295 e. The van der Waals surface area contributed by atoms with Crippen molar-refractivity contribution >= 4 is 23.2 Å². The third kappa shape index (κ3) is 4.05. The summed E-state index contributed by atoms with van der Waals surface area (Å²) in [6.07, 6.45) is 0. The second-order valence-corrected chi connectivity index (χ2v) is 7.20. The van der Waals surface area contributed by atoms with Crippen LogP contribution >= 0.6 is 11.6 Å². The number of nitrogens with one attached hydrogen (secondary N) is 1. The number of aromatic nitrogens is 3. The highest BCUT2D eigenvalue weighted by Crippen LogP contribution is 2.23. The van der Waals surface area contributed by atoms with Crippen LogP contribution in [0.25, 0.3) is 17.1 Å². The van der Waals surface area contributed by atoms with E-state index < -0.39 is 5.91 Å². The van der Waals surface area contributed by atoms with Gasteiger partial charge in [0, 0.05) is 16.3 Å². The molecule has 29 heavy (non-hydrogen) atoms. The van der Waals surface area contributed by atoms with Crippen molar-refractivity contribution in [2.24, 2.45) is 0 Å². The summed E-state index contributed by atoms with van der Waals surface area (Å²) < 4.78 is 1.68. The van der Waals surface area contributed by atoms with Gasteiger partial charge < -0.3 is 5.32 Å². The molecule has 0 fully saturated rings. The zero-order valence-electron chi connectivity index (χ0n) is 16.1. The minimum atomic E-state index is -0.395. The Morgan fingerprint density at radius 2 is 1.69 bits per heavy atom. The molecule has 144 valence electrons. The van der Waals surface area contributed by atoms with Crippen molar-refractivity contribution in [3.05, 3.63) is 94.8 Å². The lowest BCUT2D eigenvalue weighted by Gasteiger charge is -2.06. The molecular formula is C23H19ClN4O. The Hall–Kier alpha value is -3.44. The van der Waals surface area contributed by atoms with Gasteiger partial charge in [0.15, 0.2) is 5.82 Å². The topological polar surface area (TPSA) is 59.8 Å². The summed E-state index contributed by atoms with van der Waals surface area (Å²) in [6.45, 7) is 3.93. The van der Waals surface area contributed by atoms with E-state index in [1.807, 2.05) is 74.5 Å². The predicted molar refractivity (Wildman–Crippen MR) is 116 cm³/mol. The van der Waals surface area contributed by atoms with E-state index in [0.29, 0.717) is 16.5 Å². The molecule has 0 aliphatic carbocycles. The fourth-order valence-corrected chi connectivity index (χ4v) is 3.09. The van der Waals surface area contributed by atoms with Crippen LogP contribution in [0.3, 0.4) is 0 Å². The molecule has 0 atom stereocenters. The number of amides is 1. The highest BCUT2D eigenvalue weighted by molar-refractivity contribution is 6.31. The van der Waals surface area contributed by atoms with Crippen molar-refractivity contribution in [1.82, 2.24) is 14.8 Å². The maximum Gasteiger partial charge on any atom is 0.295 e. The van der Waals surface area contributed by atoms with E-state index in [-0.39, 0.29) is 5.82 Å². The summed E-state index contributed by atoms with van der Waals surface area (Å²) in [5.41, 5.74) is 4.39. The largest absolute Gasteiger partial charge is 0.319 e. The Bertz CT molecular complexity index is 1170. The molecule has 0 radical (unpaired) electrons. The van der Waals surface area contributed by atoms with Crippen LogP contribution in [-0.4, -0.2) is 20.7 Å². The Labute approximate surface area is 174 Å². The number of para-hydroxylation sites is 1. The number of rotatable bonds is 4. The number of halogens is 1. The average molecular weight is 403 g/mol. The minimum Gasteiger partial charge on any atom is -0.319 e. The molecule has 1 N–H and O–H groups in total. The normalized spacial score (nSPS) is 10.7. The number of benzene rings is 3. The van der Waals surface area contributed by atoms with Gasteiger partial charge >= 0.3 is 0 Å². The summed E-state index contributed by atoms with van der Waals surface area (Å²) >= 11 is 6.16. The number of hydrogen-bond donors (Lipinski definition) is 1. The van der Waals surface area contributed by atoms with Crippen LogP contribution in [0.1, 0.15) is 21.7 Å². The van der Waals surface area contributed by atoms with Crippen molar-refractivity contribution in [3.63, 3.8) is 0 Å². The van der Waals surface area contributed by atoms with Crippen molar-refractivity contribution in [2.45, 2.75) is 13.8 Å². The lowest BCUT2D eigenvalue weighted by Crippen LogP contribution is -2.14. The Kier molecular flexibility index (Phi) is 5.14. The minimum absolute atomic E-state index is 0.0844. The van der Waals surface area contributed by atoms with Gasteiger partial charge in [-0.3, -0.25) is 4.79 Å². The lowest BCUT2D eigenvalue weighted by molar-refractivity contribution is 0.101. The standard InChI is InChI=1S/C23H19ClN4O/c1-15-8-11-17(12-9-15)22-26-21(27-28(22)19-6-4-3-5-7-19)23(29)25-18-13-10-16(2)20(24)14-18/h3-14H,1-2H3,(H,25,29). The second-order valence-electron chi connectivity index (χ2n) is 6.79. The summed E-state index contributed by atoms with van der Waals surface area (Å²) in [7, 11) is 0. The van der Waals surface area contributed by atoms with Crippen LogP contribution in [0.2, 0.25) is 5.02 Å². The van der Waals surface area contributed by atoms with E-state index in [1.165, 1.54) is 0 Å². The first-order valence-corrected chi connectivity index (χ1v) is 9.56. The summed E-state index contributed by atoms with van der Waals surface area (Å²) in [6, 6.07) is 22.9. The first-order chi connectivity index (χ1) is 14.0. The van der Waals surface area contributed by atoms with Gasteiger partial charge in [-0.05, 0) is 43.7 Å². The van der Waals surface area contributed by atoms with E-state index >= 15 is 0 Å². The molecule has 4 aromatic rings. The summed E-state index contributed by atoms with van der Waals surface area (Å²) in [5.74, 6) is 0.289. The van der Waals surface area contributed by atoms with Gasteiger partial charge in [-0.2, -0.15) is 0 Å². The third-order valence-electron chi connectivity index (χ3n) is 4.55. The number of aryl methyl sites for hydroxylation is 2. The molecule has 0 aliphatic rings. The molecule has 0 spiro atoms. The molecule has 3 aromatic carbocycles. The van der Waals surface area contributed by atoms with Crippen LogP contribution in [0.4, 0.5) is 5.69 Å². The third-order valence-corrected chi connectivity index (χ3v) is 4.96. The van der Waals surface area contributed by atoms with Gasteiger partial charge in [0.05, 0.1) is 5.69 Å². The van der Waals surface area contributed by atoms with Crippen molar-refractivity contribution in [1.29, 1.82) is 0 Å². The van der Waals surface area contributed by atoms with E-state index in [4.69, 9.17) is 11.6 Å². The molecule has 0 saturated carbocycles. The van der Waals surface area contributed by atoms with E-state index in [9.17, 15) is 4.79 Å². The van der Waals surface area contributed by atoms with Gasteiger partial charge in [-0.25, -0.2) is 9.67 Å². The zero-order valence-corrected chi connectivity index (χ0v) is 16.8. The quantitative estimate of drug-likeness (QED) is 0.493. The van der Waals surface area contributed by atoms with Crippen LogP contribution in [-0.2, 0) is 0 Å². The molecule has 1 aromatic heterocycles. The number of anilines is 1. The second kappa shape index (κ2) is 7.89. The first kappa shape index (κ1) is 18.9. The van der Waals surface area contributed by atoms with Gasteiger partial charge in [0.25, 0.3) is 5.91 Å². The Morgan fingerprint density at radius 1 is 0.966 bits per heavy atom. The zero-order chi connectivity index (χ0) is 20.4. The Morgan fingerprint density at radius 3 is 2.38 bits per heavy atom. The SMILES string of the molecule is Cc1ccc(-c2nc(C(=O)Nc3ccc(C)c(Cl)c3)nn2-c2ccccc2)cc1. The molecule has 1 amide bonds.